The van der Waals surface area contributed by atoms with Crippen molar-refractivity contribution in [2.45, 2.75) is 146 Å². The normalized spacial score (nSPS) is 11.6. The maximum absolute atomic E-state index is 5.40. The van der Waals surface area contributed by atoms with Crippen molar-refractivity contribution < 1.29 is 0 Å². The van der Waals surface area contributed by atoms with Gasteiger partial charge in [-0.15, -0.1) is 6.58 Å². The van der Waals surface area contributed by atoms with Crippen molar-refractivity contribution in [2.24, 2.45) is 5.73 Å². The van der Waals surface area contributed by atoms with Gasteiger partial charge in [0, 0.05) is 30.2 Å². The smallest absolute Gasteiger partial charge is 0.126 e. The summed E-state index contributed by atoms with van der Waals surface area (Å²) < 4.78 is 0. The number of allylic oxidation sites excluding steroid dienone is 3. The topological polar surface area (TPSA) is 75.0 Å². The van der Waals surface area contributed by atoms with E-state index in [4.69, 9.17) is 5.73 Å². The van der Waals surface area contributed by atoms with E-state index in [1.165, 1.54) is 39.8 Å². The van der Waals surface area contributed by atoms with Gasteiger partial charge in [-0.05, 0) is 105 Å². The van der Waals surface area contributed by atoms with Crippen molar-refractivity contribution in [3.63, 3.8) is 0 Å². The first-order chi connectivity index (χ1) is 26.6. The molecule has 0 radical (unpaired) electrons. The highest BCUT2D eigenvalue weighted by Crippen LogP contribution is 2.30. The number of benzene rings is 2. The molecule has 3 atom stereocenters. The largest absolute Gasteiger partial charge is 0.381 e. The SMILES string of the molecule is C=C/C=C\c1c(C)cccc1-c1ccc(C(CC=C)NC(=C)C(CCC)NC(=C)CCCCNc2cc(C)ccn2)cc1.CC.CC.CC.CCCC(C)N. The molecule has 1 heterocycles. The number of hydrogen-bond acceptors (Lipinski definition) is 5. The van der Waals surface area contributed by atoms with Crippen LogP contribution < -0.4 is 21.7 Å². The van der Waals surface area contributed by atoms with E-state index < -0.39 is 0 Å². The fourth-order valence-electron chi connectivity index (χ4n) is 5.69. The zero-order valence-electron chi connectivity index (χ0n) is 37.0. The fourth-order valence-corrected chi connectivity index (χ4v) is 5.69. The third-order valence-electron chi connectivity index (χ3n) is 8.36. The van der Waals surface area contributed by atoms with Crippen LogP contribution in [-0.4, -0.2) is 23.6 Å². The van der Waals surface area contributed by atoms with Gasteiger partial charge in [0.25, 0.3) is 0 Å². The Morgan fingerprint density at radius 1 is 0.855 bits per heavy atom. The van der Waals surface area contributed by atoms with Crippen LogP contribution in [0, 0.1) is 13.8 Å². The van der Waals surface area contributed by atoms with Crippen LogP contribution in [0.15, 0.2) is 117 Å². The molecule has 0 spiro atoms. The third kappa shape index (κ3) is 22.6. The van der Waals surface area contributed by atoms with E-state index in [1.54, 1.807) is 0 Å². The first kappa shape index (κ1) is 52.8. The summed E-state index contributed by atoms with van der Waals surface area (Å²) >= 11 is 0. The summed E-state index contributed by atoms with van der Waals surface area (Å²) in [6.45, 7) is 40.2. The second-order valence-corrected chi connectivity index (χ2v) is 13.0. The van der Waals surface area contributed by atoms with E-state index in [2.05, 4.69) is 130 Å². The summed E-state index contributed by atoms with van der Waals surface area (Å²) in [5.74, 6) is 0.937. The molecule has 0 saturated carbocycles. The van der Waals surface area contributed by atoms with E-state index in [-0.39, 0.29) is 12.1 Å². The van der Waals surface area contributed by atoms with Crippen LogP contribution in [0.2, 0.25) is 0 Å². The Kier molecular flexibility index (Phi) is 32.8. The van der Waals surface area contributed by atoms with Crippen LogP contribution in [-0.2, 0) is 0 Å². The molecule has 0 aliphatic heterocycles. The van der Waals surface area contributed by atoms with Gasteiger partial charge in [-0.25, -0.2) is 4.98 Å². The van der Waals surface area contributed by atoms with Crippen LogP contribution >= 0.6 is 0 Å². The molecule has 0 fully saturated rings. The van der Waals surface area contributed by atoms with Crippen molar-refractivity contribution in [3.8, 4) is 11.1 Å². The van der Waals surface area contributed by atoms with Crippen LogP contribution in [0.3, 0.4) is 0 Å². The van der Waals surface area contributed by atoms with Crippen molar-refractivity contribution >= 4 is 11.9 Å². The van der Waals surface area contributed by atoms with Gasteiger partial charge in [-0.3, -0.25) is 0 Å². The number of nitrogens with zero attached hydrogens (tertiary/aromatic N) is 1. The number of anilines is 1. The molecule has 3 unspecified atom stereocenters. The molecule has 2 aromatic carbocycles. The fraction of sp³-hybridized carbons (Fsp3) is 0.460. The van der Waals surface area contributed by atoms with Crippen molar-refractivity contribution in [1.82, 2.24) is 15.6 Å². The Hall–Kier alpha value is -4.35. The van der Waals surface area contributed by atoms with Crippen molar-refractivity contribution in [1.29, 1.82) is 0 Å². The number of pyridine rings is 1. The summed E-state index contributed by atoms with van der Waals surface area (Å²) in [4.78, 5) is 4.38. The highest BCUT2D eigenvalue weighted by Gasteiger charge is 2.18. The molecule has 0 amide bonds. The van der Waals surface area contributed by atoms with E-state index in [0.29, 0.717) is 6.04 Å². The lowest BCUT2D eigenvalue weighted by Gasteiger charge is -2.28. The third-order valence-corrected chi connectivity index (χ3v) is 8.36. The van der Waals surface area contributed by atoms with Crippen LogP contribution in [0.1, 0.15) is 142 Å². The maximum atomic E-state index is 5.40. The molecule has 3 aromatic rings. The average molecular weight is 752 g/mol. The Morgan fingerprint density at radius 3 is 2.05 bits per heavy atom. The molecule has 5 nitrogen and oxygen atoms in total. The summed E-state index contributed by atoms with van der Waals surface area (Å²) in [6, 6.07) is 20.0. The lowest BCUT2D eigenvalue weighted by Crippen LogP contribution is -2.37. The second-order valence-electron chi connectivity index (χ2n) is 13.0. The highest BCUT2D eigenvalue weighted by molar-refractivity contribution is 5.77. The molecular formula is C50H81N5. The van der Waals surface area contributed by atoms with E-state index in [9.17, 15) is 0 Å². The lowest BCUT2D eigenvalue weighted by atomic mass is 9.93. The van der Waals surface area contributed by atoms with E-state index in [0.717, 1.165) is 68.7 Å². The van der Waals surface area contributed by atoms with Crippen LogP contribution in [0.25, 0.3) is 17.2 Å². The molecule has 0 saturated heterocycles. The summed E-state index contributed by atoms with van der Waals surface area (Å²) in [6.07, 6.45) is 18.0. The zero-order valence-corrected chi connectivity index (χ0v) is 37.0. The van der Waals surface area contributed by atoms with Gasteiger partial charge in [-0.1, -0.05) is 155 Å². The maximum Gasteiger partial charge on any atom is 0.126 e. The minimum atomic E-state index is 0.0902. The molecular weight excluding hydrogens is 671 g/mol. The Labute approximate surface area is 339 Å². The molecule has 55 heavy (non-hydrogen) atoms. The van der Waals surface area contributed by atoms with Gasteiger partial charge in [-0.2, -0.15) is 0 Å². The zero-order chi connectivity index (χ0) is 42.0. The average Bonchev–Trinajstić information content (AvgIpc) is 3.19. The van der Waals surface area contributed by atoms with Gasteiger partial charge in [0.1, 0.15) is 5.82 Å². The Morgan fingerprint density at radius 2 is 1.51 bits per heavy atom. The van der Waals surface area contributed by atoms with Gasteiger partial charge in [0.15, 0.2) is 0 Å². The van der Waals surface area contributed by atoms with Gasteiger partial charge in [0.05, 0.1) is 12.1 Å². The molecule has 0 bridgehead atoms. The van der Waals surface area contributed by atoms with E-state index >= 15 is 0 Å². The molecule has 3 rings (SSSR count). The van der Waals surface area contributed by atoms with Crippen molar-refractivity contribution in [2.75, 3.05) is 11.9 Å². The minimum Gasteiger partial charge on any atom is -0.381 e. The highest BCUT2D eigenvalue weighted by atomic mass is 15.0. The first-order valence-corrected chi connectivity index (χ1v) is 21.0. The standard InChI is InChI=1S/C39H50N4.C5H13N.3C2H6/c1-8-11-19-35-30(5)17-14-20-36(35)33-21-23-34(24-22-33)38(16-10-3)43-32(7)37(15-9-2)42-31(6)18-12-13-26-40-39-28-29(4)25-27-41-39;1-3-4-5(2)6;3*1-2/h8,10-11,14,17,19-25,27-28,37-38,42-43H,1,3,6-7,9,12-13,15-16,18,26H2,2,4-5H3,(H,40,41);5H,3-4,6H2,1-2H3;3*1-2H3/b19-11-;;;;. The molecule has 1 aromatic heterocycles. The monoisotopic (exact) mass is 752 g/mol. The lowest BCUT2D eigenvalue weighted by molar-refractivity contribution is 0.496. The van der Waals surface area contributed by atoms with Crippen LogP contribution in [0.4, 0.5) is 5.82 Å². The molecule has 0 aliphatic rings. The minimum absolute atomic E-state index is 0.0902. The number of rotatable bonds is 21. The quantitative estimate of drug-likeness (QED) is 0.0495. The first-order valence-electron chi connectivity index (χ1n) is 21.0. The van der Waals surface area contributed by atoms with E-state index in [1.807, 2.05) is 79.0 Å². The predicted molar refractivity (Wildman–Crippen MR) is 251 cm³/mol. The molecule has 306 valence electrons. The Bertz CT molecular complexity index is 1470. The summed E-state index contributed by atoms with van der Waals surface area (Å²) in [5, 5.41) is 10.8. The Balaban J connectivity index is 0. The number of unbranched alkanes of at least 4 members (excludes halogenated alkanes) is 1. The van der Waals surface area contributed by atoms with Gasteiger partial charge in [0.2, 0.25) is 0 Å². The number of nitrogens with two attached hydrogens (primary N) is 1. The number of aromatic nitrogens is 1. The summed E-state index contributed by atoms with van der Waals surface area (Å²) in [7, 11) is 0. The number of hydrogen-bond donors (Lipinski definition) is 4. The van der Waals surface area contributed by atoms with Crippen molar-refractivity contribution in [3.05, 3.63) is 139 Å². The van der Waals surface area contributed by atoms with Gasteiger partial charge >= 0.3 is 0 Å². The number of nitrogens with one attached hydrogen (secondary N) is 3. The van der Waals surface area contributed by atoms with Gasteiger partial charge < -0.3 is 21.7 Å². The molecule has 5 heteroatoms. The predicted octanol–water partition coefficient (Wildman–Crippen LogP) is 14.1. The molecule has 0 aliphatic carbocycles. The second kappa shape index (κ2) is 34.2. The summed E-state index contributed by atoms with van der Waals surface area (Å²) in [5.41, 5.74) is 14.8. The number of aryl methyl sites for hydroxylation is 2. The van der Waals surface area contributed by atoms with Crippen LogP contribution in [0.5, 0.6) is 0 Å². The molecule has 5 N–H and O–H groups in total.